The number of hydrogen-bond acceptors (Lipinski definition) is 4. The monoisotopic (exact) mass is 292 g/mol. The molecule has 0 aliphatic carbocycles. The second-order valence-corrected chi connectivity index (χ2v) is 6.55. The molecule has 0 aliphatic rings. The van der Waals surface area contributed by atoms with E-state index in [4.69, 9.17) is 23.2 Å². The van der Waals surface area contributed by atoms with Crippen molar-refractivity contribution < 1.29 is 0 Å². The van der Waals surface area contributed by atoms with E-state index in [1.807, 2.05) is 24.8 Å². The van der Waals surface area contributed by atoms with Crippen LogP contribution in [0.4, 0.5) is 0 Å². The van der Waals surface area contributed by atoms with E-state index in [1.165, 1.54) is 16.2 Å². The van der Waals surface area contributed by atoms with Crippen molar-refractivity contribution in [1.82, 2.24) is 10.3 Å². The number of rotatable bonds is 4. The molecule has 6 heteroatoms. The van der Waals surface area contributed by atoms with Crippen molar-refractivity contribution in [3.05, 3.63) is 36.9 Å². The van der Waals surface area contributed by atoms with Crippen molar-refractivity contribution in [2.75, 3.05) is 7.05 Å². The van der Waals surface area contributed by atoms with Crippen molar-refractivity contribution >= 4 is 45.9 Å². The highest BCUT2D eigenvalue weighted by Crippen LogP contribution is 2.36. The summed E-state index contributed by atoms with van der Waals surface area (Å²) in [4.78, 5) is 5.30. The maximum absolute atomic E-state index is 6.14. The Bertz CT molecular complexity index is 453. The fraction of sp³-hybridized carbons (Fsp3) is 0.300. The predicted molar refractivity (Wildman–Crippen MR) is 72.0 cm³/mol. The molecule has 1 atom stereocenters. The molecule has 2 aromatic heterocycles. The van der Waals surface area contributed by atoms with Gasteiger partial charge in [-0.3, -0.25) is 4.98 Å². The van der Waals surface area contributed by atoms with Crippen LogP contribution >= 0.6 is 45.9 Å². The first-order chi connectivity index (χ1) is 7.70. The second kappa shape index (κ2) is 5.47. The lowest BCUT2D eigenvalue weighted by atomic mass is 10.1. The third kappa shape index (κ3) is 2.76. The van der Waals surface area contributed by atoms with E-state index in [1.54, 1.807) is 11.3 Å². The molecule has 0 saturated carbocycles. The lowest BCUT2D eigenvalue weighted by Crippen LogP contribution is -2.18. The SMILES string of the molecule is CNC(Cc1cncs1)c1cc(Cl)sc1Cl. The van der Waals surface area contributed by atoms with E-state index >= 15 is 0 Å². The Kier molecular flexibility index (Phi) is 4.21. The number of thiazole rings is 1. The zero-order valence-corrected chi connectivity index (χ0v) is 11.7. The summed E-state index contributed by atoms with van der Waals surface area (Å²) in [5.41, 5.74) is 2.90. The van der Waals surface area contributed by atoms with Crippen molar-refractivity contribution in [2.45, 2.75) is 12.5 Å². The zero-order valence-electron chi connectivity index (χ0n) is 8.54. The van der Waals surface area contributed by atoms with Gasteiger partial charge in [-0.2, -0.15) is 0 Å². The van der Waals surface area contributed by atoms with Gasteiger partial charge in [-0.25, -0.2) is 0 Å². The Labute approximate surface area is 112 Å². The second-order valence-electron chi connectivity index (χ2n) is 3.29. The highest BCUT2D eigenvalue weighted by atomic mass is 35.5. The summed E-state index contributed by atoms with van der Waals surface area (Å²) < 4.78 is 1.48. The molecule has 2 heterocycles. The average molecular weight is 293 g/mol. The van der Waals surface area contributed by atoms with E-state index in [2.05, 4.69) is 10.3 Å². The summed E-state index contributed by atoms with van der Waals surface area (Å²) in [6.45, 7) is 0. The van der Waals surface area contributed by atoms with Crippen molar-refractivity contribution in [1.29, 1.82) is 0 Å². The number of nitrogens with zero attached hydrogens (tertiary/aromatic N) is 1. The maximum Gasteiger partial charge on any atom is 0.0992 e. The Balaban J connectivity index is 2.19. The molecular weight excluding hydrogens is 283 g/mol. The van der Waals surface area contributed by atoms with E-state index in [-0.39, 0.29) is 6.04 Å². The summed E-state index contributed by atoms with van der Waals surface area (Å²) in [5, 5.41) is 3.25. The van der Waals surface area contributed by atoms with Crippen LogP contribution < -0.4 is 5.32 Å². The number of halogens is 2. The first kappa shape index (κ1) is 12.3. The molecule has 86 valence electrons. The van der Waals surface area contributed by atoms with E-state index in [0.29, 0.717) is 0 Å². The van der Waals surface area contributed by atoms with Gasteiger partial charge < -0.3 is 5.32 Å². The normalized spacial score (nSPS) is 12.9. The van der Waals surface area contributed by atoms with E-state index < -0.39 is 0 Å². The van der Waals surface area contributed by atoms with Crippen molar-refractivity contribution in [3.63, 3.8) is 0 Å². The summed E-state index contributed by atoms with van der Waals surface area (Å²) in [6, 6.07) is 2.12. The van der Waals surface area contributed by atoms with Crippen LogP contribution in [0.2, 0.25) is 8.67 Å². The molecule has 0 saturated heterocycles. The molecule has 0 aliphatic heterocycles. The van der Waals surface area contributed by atoms with Crippen LogP contribution in [0, 0.1) is 0 Å². The molecular formula is C10H10Cl2N2S2. The van der Waals surface area contributed by atoms with Gasteiger partial charge in [-0.05, 0) is 13.1 Å². The van der Waals surface area contributed by atoms with Crippen LogP contribution in [0.5, 0.6) is 0 Å². The predicted octanol–water partition coefficient (Wildman–Crippen LogP) is 4.01. The molecule has 0 radical (unpaired) electrons. The van der Waals surface area contributed by atoms with Gasteiger partial charge >= 0.3 is 0 Å². The van der Waals surface area contributed by atoms with Crippen molar-refractivity contribution in [2.24, 2.45) is 0 Å². The van der Waals surface area contributed by atoms with Crippen LogP contribution in [0.3, 0.4) is 0 Å². The van der Waals surface area contributed by atoms with Crippen LogP contribution in [0.25, 0.3) is 0 Å². The third-order valence-corrected chi connectivity index (χ3v) is 4.62. The van der Waals surface area contributed by atoms with Gasteiger partial charge in [0.2, 0.25) is 0 Å². The molecule has 2 nitrogen and oxygen atoms in total. The summed E-state index contributed by atoms with van der Waals surface area (Å²) in [5.74, 6) is 0. The van der Waals surface area contributed by atoms with Gasteiger partial charge in [0.15, 0.2) is 0 Å². The molecule has 16 heavy (non-hydrogen) atoms. The minimum Gasteiger partial charge on any atom is -0.313 e. The highest BCUT2D eigenvalue weighted by molar-refractivity contribution is 7.20. The van der Waals surface area contributed by atoms with Crippen LogP contribution in [0.15, 0.2) is 17.8 Å². The minimum absolute atomic E-state index is 0.191. The molecule has 2 rings (SSSR count). The molecule has 0 fully saturated rings. The molecule has 0 bridgehead atoms. The summed E-state index contributed by atoms with van der Waals surface area (Å²) in [7, 11) is 1.92. The number of likely N-dealkylation sites (N-methyl/N-ethyl adjacent to an activating group) is 1. The smallest absolute Gasteiger partial charge is 0.0992 e. The number of aromatic nitrogens is 1. The van der Waals surface area contributed by atoms with Gasteiger partial charge in [0.1, 0.15) is 0 Å². The first-order valence-electron chi connectivity index (χ1n) is 4.70. The van der Waals surface area contributed by atoms with Crippen molar-refractivity contribution in [3.8, 4) is 0 Å². The molecule has 0 spiro atoms. The zero-order chi connectivity index (χ0) is 11.5. The Morgan fingerprint density at radius 2 is 2.31 bits per heavy atom. The highest BCUT2D eigenvalue weighted by Gasteiger charge is 2.17. The molecule has 2 aromatic rings. The lowest BCUT2D eigenvalue weighted by molar-refractivity contribution is 0.598. The Morgan fingerprint density at radius 3 is 2.81 bits per heavy atom. The Morgan fingerprint density at radius 1 is 1.50 bits per heavy atom. The van der Waals surface area contributed by atoms with Gasteiger partial charge in [0.05, 0.1) is 14.2 Å². The third-order valence-electron chi connectivity index (χ3n) is 2.30. The van der Waals surface area contributed by atoms with Gasteiger partial charge in [-0.15, -0.1) is 22.7 Å². The molecule has 1 unspecified atom stereocenters. The van der Waals surface area contributed by atoms with E-state index in [9.17, 15) is 0 Å². The Hall–Kier alpha value is -0.130. The largest absolute Gasteiger partial charge is 0.313 e. The van der Waals surface area contributed by atoms with E-state index in [0.717, 1.165) is 20.7 Å². The van der Waals surface area contributed by atoms with Gasteiger partial charge in [0.25, 0.3) is 0 Å². The summed E-state index contributed by atoms with van der Waals surface area (Å²) >= 11 is 15.1. The van der Waals surface area contributed by atoms with Gasteiger partial charge in [-0.1, -0.05) is 23.2 Å². The average Bonchev–Trinajstić information content (AvgIpc) is 2.85. The number of nitrogens with one attached hydrogen (secondary N) is 1. The lowest BCUT2D eigenvalue weighted by Gasteiger charge is -2.14. The molecule has 0 amide bonds. The molecule has 0 aromatic carbocycles. The fourth-order valence-electron chi connectivity index (χ4n) is 1.50. The van der Waals surface area contributed by atoms with Crippen LogP contribution in [-0.4, -0.2) is 12.0 Å². The maximum atomic E-state index is 6.14. The van der Waals surface area contributed by atoms with Gasteiger partial charge in [0, 0.05) is 29.1 Å². The quantitative estimate of drug-likeness (QED) is 0.921. The first-order valence-corrected chi connectivity index (χ1v) is 7.15. The number of hydrogen-bond donors (Lipinski definition) is 1. The van der Waals surface area contributed by atoms with Crippen LogP contribution in [-0.2, 0) is 6.42 Å². The topological polar surface area (TPSA) is 24.9 Å². The number of thiophene rings is 1. The minimum atomic E-state index is 0.191. The van der Waals surface area contributed by atoms with Crippen LogP contribution in [0.1, 0.15) is 16.5 Å². The molecule has 1 N–H and O–H groups in total. The standard InChI is InChI=1S/C10H10Cl2N2S2/c1-13-8(2-6-4-14-5-15-6)7-3-9(11)16-10(7)12/h3-5,8,13H,2H2,1H3. The fourth-order valence-corrected chi connectivity index (χ4v) is 3.72. The summed E-state index contributed by atoms with van der Waals surface area (Å²) in [6.07, 6.45) is 2.77.